The SMILES string of the molecule is Cc1cnc(-c2cc3c(cc2Sc2nc4c(N)ncnc4n2CCC2CCCN(S(C)(=O)=O)C2)CCCC3)s1. The molecule has 1 aliphatic carbocycles. The van der Waals surface area contributed by atoms with Gasteiger partial charge in [0.1, 0.15) is 11.3 Å². The van der Waals surface area contributed by atoms with Crippen LogP contribution in [0.25, 0.3) is 21.7 Å². The topological polar surface area (TPSA) is 120 Å². The molecule has 1 fully saturated rings. The number of anilines is 1. The van der Waals surface area contributed by atoms with Gasteiger partial charge in [-0.05, 0) is 81.0 Å². The van der Waals surface area contributed by atoms with Crippen molar-refractivity contribution in [2.24, 2.45) is 5.92 Å². The van der Waals surface area contributed by atoms with Crippen LogP contribution in [-0.2, 0) is 29.4 Å². The molecule has 4 aromatic rings. The maximum absolute atomic E-state index is 12.2. The van der Waals surface area contributed by atoms with Crippen molar-refractivity contribution in [1.29, 1.82) is 0 Å². The van der Waals surface area contributed by atoms with E-state index in [4.69, 9.17) is 15.7 Å². The molecule has 1 unspecified atom stereocenters. The van der Waals surface area contributed by atoms with Crippen molar-refractivity contribution in [3.05, 3.63) is 40.7 Å². The molecular weight excluding hydrogens is 551 g/mol. The van der Waals surface area contributed by atoms with Crippen LogP contribution in [-0.4, -0.2) is 56.6 Å². The number of sulfonamides is 1. The zero-order valence-electron chi connectivity index (χ0n) is 22.3. The molecule has 4 heterocycles. The monoisotopic (exact) mass is 583 g/mol. The number of hydrogen-bond donors (Lipinski definition) is 1. The van der Waals surface area contributed by atoms with Crippen LogP contribution in [0, 0.1) is 12.8 Å². The van der Waals surface area contributed by atoms with Crippen molar-refractivity contribution >= 4 is 50.1 Å². The average molecular weight is 584 g/mol. The van der Waals surface area contributed by atoms with Gasteiger partial charge in [0.25, 0.3) is 0 Å². The highest BCUT2D eigenvalue weighted by Gasteiger charge is 2.27. The first kappa shape index (κ1) is 26.7. The van der Waals surface area contributed by atoms with Gasteiger partial charge in [-0.15, -0.1) is 11.3 Å². The van der Waals surface area contributed by atoms with Gasteiger partial charge in [0.2, 0.25) is 10.0 Å². The molecule has 9 nitrogen and oxygen atoms in total. The van der Waals surface area contributed by atoms with E-state index in [0.29, 0.717) is 36.6 Å². The number of fused-ring (bicyclic) bond motifs is 2. The fourth-order valence-electron chi connectivity index (χ4n) is 5.68. The van der Waals surface area contributed by atoms with Crippen LogP contribution < -0.4 is 5.73 Å². The quantitative estimate of drug-likeness (QED) is 0.325. The van der Waals surface area contributed by atoms with Crippen molar-refractivity contribution in [3.8, 4) is 10.6 Å². The third-order valence-corrected chi connectivity index (χ3v) is 11.0. The largest absolute Gasteiger partial charge is 0.382 e. The van der Waals surface area contributed by atoms with Crippen LogP contribution in [0.3, 0.4) is 0 Å². The lowest BCUT2D eigenvalue weighted by atomic mass is 9.90. The van der Waals surface area contributed by atoms with E-state index in [-0.39, 0.29) is 5.92 Å². The Morgan fingerprint density at radius 3 is 2.67 bits per heavy atom. The van der Waals surface area contributed by atoms with Crippen LogP contribution in [0.2, 0.25) is 0 Å². The van der Waals surface area contributed by atoms with E-state index >= 15 is 0 Å². The first-order valence-corrected chi connectivity index (χ1v) is 16.9. The normalized spacial score (nSPS) is 18.5. The van der Waals surface area contributed by atoms with Crippen molar-refractivity contribution in [2.45, 2.75) is 68.5 Å². The van der Waals surface area contributed by atoms with Crippen molar-refractivity contribution in [3.63, 3.8) is 0 Å². The van der Waals surface area contributed by atoms with Gasteiger partial charge in [-0.2, -0.15) is 0 Å². The molecule has 2 aliphatic rings. The second-order valence-electron chi connectivity index (χ2n) is 10.6. The minimum absolute atomic E-state index is 0.278. The minimum atomic E-state index is -3.19. The number of nitrogen functional groups attached to an aromatic ring is 1. The molecule has 0 spiro atoms. The number of hydrogen-bond acceptors (Lipinski definition) is 9. The standard InChI is InChI=1S/C27H33N7O2S3/c1-17-14-29-26(37-17)21-12-19-7-3-4-8-20(19)13-22(21)38-27-32-23-24(28)30-16-31-25(23)34(27)11-9-18-6-5-10-33(15-18)39(2,35)36/h12-14,16,18H,3-11,15H2,1-2H3,(H2,28,30,31). The third-order valence-electron chi connectivity index (χ3n) is 7.73. The molecule has 1 aliphatic heterocycles. The number of thiazole rings is 1. The molecule has 1 aromatic carbocycles. The van der Waals surface area contributed by atoms with Gasteiger partial charge in [-0.25, -0.2) is 32.7 Å². The van der Waals surface area contributed by atoms with Crippen LogP contribution in [0.15, 0.2) is 34.7 Å². The summed E-state index contributed by atoms with van der Waals surface area (Å²) >= 11 is 3.34. The molecule has 1 atom stereocenters. The van der Waals surface area contributed by atoms with Gasteiger partial charge >= 0.3 is 0 Å². The molecule has 2 N–H and O–H groups in total. The van der Waals surface area contributed by atoms with Gasteiger partial charge in [-0.3, -0.25) is 0 Å². The summed E-state index contributed by atoms with van der Waals surface area (Å²) in [6, 6.07) is 4.66. The van der Waals surface area contributed by atoms with E-state index in [9.17, 15) is 8.42 Å². The second-order valence-corrected chi connectivity index (χ2v) is 14.8. The Bertz CT molecular complexity index is 1630. The van der Waals surface area contributed by atoms with Gasteiger partial charge in [0, 0.05) is 41.2 Å². The van der Waals surface area contributed by atoms with Crippen LogP contribution >= 0.6 is 23.1 Å². The molecule has 0 radical (unpaired) electrons. The average Bonchev–Trinajstić information content (AvgIpc) is 3.50. The molecule has 39 heavy (non-hydrogen) atoms. The molecular formula is C27H33N7O2S3. The number of benzene rings is 1. The highest BCUT2D eigenvalue weighted by molar-refractivity contribution is 7.99. The lowest BCUT2D eigenvalue weighted by molar-refractivity contribution is 0.249. The molecule has 0 saturated carbocycles. The number of aromatic nitrogens is 5. The van der Waals surface area contributed by atoms with Crippen molar-refractivity contribution in [1.82, 2.24) is 28.8 Å². The number of nitrogens with zero attached hydrogens (tertiary/aromatic N) is 6. The van der Waals surface area contributed by atoms with Crippen LogP contribution in [0.1, 0.15) is 48.1 Å². The smallest absolute Gasteiger partial charge is 0.211 e. The summed E-state index contributed by atoms with van der Waals surface area (Å²) in [6.45, 7) is 3.92. The Morgan fingerprint density at radius 2 is 1.92 bits per heavy atom. The number of rotatable bonds is 7. The molecule has 1 saturated heterocycles. The molecule has 6 rings (SSSR count). The molecule has 0 amide bonds. The predicted octanol–water partition coefficient (Wildman–Crippen LogP) is 4.93. The zero-order valence-corrected chi connectivity index (χ0v) is 24.7. The second kappa shape index (κ2) is 10.8. The van der Waals surface area contributed by atoms with Crippen LogP contribution in [0.4, 0.5) is 5.82 Å². The minimum Gasteiger partial charge on any atom is -0.382 e. The summed E-state index contributed by atoms with van der Waals surface area (Å²) < 4.78 is 28.1. The summed E-state index contributed by atoms with van der Waals surface area (Å²) in [7, 11) is -3.19. The van der Waals surface area contributed by atoms with E-state index in [0.717, 1.165) is 52.7 Å². The number of piperidine rings is 1. The number of aryl methyl sites for hydroxylation is 4. The fraction of sp³-hybridized carbons (Fsp3) is 0.481. The van der Waals surface area contributed by atoms with E-state index in [1.54, 1.807) is 27.4 Å². The summed E-state index contributed by atoms with van der Waals surface area (Å²) in [6.07, 6.45) is 12.1. The van der Waals surface area contributed by atoms with E-state index in [2.05, 4.69) is 33.6 Å². The Balaban J connectivity index is 1.36. The Hall–Kier alpha value is -2.54. The lowest BCUT2D eigenvalue weighted by Crippen LogP contribution is -2.39. The molecule has 206 valence electrons. The zero-order chi connectivity index (χ0) is 27.1. The fourth-order valence-corrected chi connectivity index (χ4v) is 8.57. The highest BCUT2D eigenvalue weighted by Crippen LogP contribution is 2.41. The van der Waals surface area contributed by atoms with Crippen molar-refractivity contribution < 1.29 is 8.42 Å². The highest BCUT2D eigenvalue weighted by atomic mass is 32.2. The van der Waals surface area contributed by atoms with Gasteiger partial charge < -0.3 is 10.3 Å². The Morgan fingerprint density at radius 1 is 1.13 bits per heavy atom. The number of nitrogens with two attached hydrogens (primary N) is 1. The summed E-state index contributed by atoms with van der Waals surface area (Å²) in [5.41, 5.74) is 11.5. The van der Waals surface area contributed by atoms with Gasteiger partial charge in [0.15, 0.2) is 22.1 Å². The summed E-state index contributed by atoms with van der Waals surface area (Å²) in [4.78, 5) is 20.7. The maximum Gasteiger partial charge on any atom is 0.211 e. The molecule has 12 heteroatoms. The maximum atomic E-state index is 12.2. The van der Waals surface area contributed by atoms with Crippen LogP contribution in [0.5, 0.6) is 0 Å². The summed E-state index contributed by atoms with van der Waals surface area (Å²) in [5.74, 6) is 0.642. The first-order chi connectivity index (χ1) is 18.8. The molecule has 0 bridgehead atoms. The lowest BCUT2D eigenvalue weighted by Gasteiger charge is -2.31. The van der Waals surface area contributed by atoms with E-state index in [1.165, 1.54) is 41.4 Å². The Labute approximate surface area is 237 Å². The Kier molecular flexibility index (Phi) is 7.38. The number of imidazole rings is 1. The van der Waals surface area contributed by atoms with E-state index < -0.39 is 10.0 Å². The molecule has 3 aromatic heterocycles. The van der Waals surface area contributed by atoms with Crippen molar-refractivity contribution in [2.75, 3.05) is 25.1 Å². The summed E-state index contributed by atoms with van der Waals surface area (Å²) in [5, 5.41) is 1.84. The third kappa shape index (κ3) is 5.57. The van der Waals surface area contributed by atoms with Gasteiger partial charge in [-0.1, -0.05) is 11.8 Å². The van der Waals surface area contributed by atoms with Gasteiger partial charge in [0.05, 0.1) is 6.26 Å². The van der Waals surface area contributed by atoms with E-state index in [1.807, 2.05) is 6.20 Å². The first-order valence-electron chi connectivity index (χ1n) is 13.4. The predicted molar refractivity (Wildman–Crippen MR) is 157 cm³/mol.